The lowest BCUT2D eigenvalue weighted by Gasteiger charge is -2.14. The van der Waals surface area contributed by atoms with Crippen LogP contribution >= 0.6 is 0 Å². The first-order valence-electron chi connectivity index (χ1n) is 6.76. The van der Waals surface area contributed by atoms with Gasteiger partial charge in [0.25, 0.3) is 0 Å². The molecule has 8 nitrogen and oxygen atoms in total. The number of benzene rings is 1. The number of amides is 1. The molecule has 1 unspecified atom stereocenters. The second-order valence-electron chi connectivity index (χ2n) is 4.68. The van der Waals surface area contributed by atoms with Crippen molar-refractivity contribution in [2.45, 2.75) is 19.6 Å². The maximum atomic E-state index is 11.8. The van der Waals surface area contributed by atoms with Crippen LogP contribution in [0.4, 0.5) is 4.79 Å². The largest absolute Gasteiger partial charge is 0.492 e. The molecular formula is C15H16N2O6. The number of aromatic nitrogens is 1. The van der Waals surface area contributed by atoms with E-state index in [1.807, 2.05) is 18.2 Å². The van der Waals surface area contributed by atoms with Gasteiger partial charge in [0.15, 0.2) is 0 Å². The number of hydrogen-bond donors (Lipinski definition) is 3. The van der Waals surface area contributed by atoms with Crippen molar-refractivity contribution in [2.24, 2.45) is 0 Å². The second-order valence-corrected chi connectivity index (χ2v) is 4.68. The average Bonchev–Trinajstić information content (AvgIpc) is 2.85. The monoisotopic (exact) mass is 320 g/mol. The van der Waals surface area contributed by atoms with Gasteiger partial charge in [-0.1, -0.05) is 30.3 Å². The molecule has 1 atom stereocenters. The lowest BCUT2D eigenvalue weighted by Crippen LogP contribution is -2.42. The Morgan fingerprint density at radius 3 is 2.35 bits per heavy atom. The van der Waals surface area contributed by atoms with Gasteiger partial charge < -0.3 is 25.1 Å². The summed E-state index contributed by atoms with van der Waals surface area (Å²) in [5, 5.41) is 21.0. The summed E-state index contributed by atoms with van der Waals surface area (Å²) in [6.07, 6.45) is -0.792. The molecule has 0 radical (unpaired) electrons. The fourth-order valence-electron chi connectivity index (χ4n) is 1.66. The molecule has 8 heteroatoms. The van der Waals surface area contributed by atoms with Crippen molar-refractivity contribution in [3.05, 3.63) is 48.0 Å². The molecule has 0 aliphatic rings. The standard InChI is InChI=1S/C15H16N2O6/c1-10(14(20)23-17-12(18)7-8-13(17)19)16-15(21)22-9-11-5-3-2-4-6-11/h2-8,10,18-19H,9H2,1H3,(H,16,21). The van der Waals surface area contributed by atoms with E-state index in [9.17, 15) is 19.8 Å². The molecule has 1 aromatic heterocycles. The number of aromatic hydroxyl groups is 2. The minimum absolute atomic E-state index is 0.0631. The van der Waals surface area contributed by atoms with Crippen molar-refractivity contribution >= 4 is 12.1 Å². The Kier molecular flexibility index (Phi) is 5.08. The third-order valence-electron chi connectivity index (χ3n) is 2.88. The van der Waals surface area contributed by atoms with Crippen molar-refractivity contribution in [1.29, 1.82) is 0 Å². The van der Waals surface area contributed by atoms with E-state index in [4.69, 9.17) is 9.57 Å². The zero-order chi connectivity index (χ0) is 16.8. The Bertz CT molecular complexity index is 663. The molecule has 0 saturated heterocycles. The van der Waals surface area contributed by atoms with Gasteiger partial charge in [-0.15, -0.1) is 4.73 Å². The molecule has 2 rings (SSSR count). The highest BCUT2D eigenvalue weighted by Gasteiger charge is 2.21. The number of carbonyl (C=O) groups excluding carboxylic acids is 2. The molecule has 122 valence electrons. The molecule has 23 heavy (non-hydrogen) atoms. The molecule has 1 amide bonds. The zero-order valence-electron chi connectivity index (χ0n) is 12.3. The molecule has 0 saturated carbocycles. The summed E-state index contributed by atoms with van der Waals surface area (Å²) in [6.45, 7) is 1.44. The summed E-state index contributed by atoms with van der Waals surface area (Å²) in [5.74, 6) is -1.78. The minimum Gasteiger partial charge on any atom is -0.492 e. The summed E-state index contributed by atoms with van der Waals surface area (Å²) in [7, 11) is 0. The lowest BCUT2D eigenvalue weighted by molar-refractivity contribution is -0.147. The second kappa shape index (κ2) is 7.21. The first kappa shape index (κ1) is 16.2. The number of carbonyl (C=O) groups is 2. The quantitative estimate of drug-likeness (QED) is 0.763. The van der Waals surface area contributed by atoms with E-state index in [2.05, 4.69) is 5.32 Å². The summed E-state index contributed by atoms with van der Waals surface area (Å²) < 4.78 is 5.51. The number of rotatable bonds is 5. The number of ether oxygens (including phenoxy) is 1. The fourth-order valence-corrected chi connectivity index (χ4v) is 1.66. The predicted molar refractivity (Wildman–Crippen MR) is 78.6 cm³/mol. The Morgan fingerprint density at radius 2 is 1.74 bits per heavy atom. The molecule has 0 fully saturated rings. The third-order valence-corrected chi connectivity index (χ3v) is 2.88. The molecule has 0 bridgehead atoms. The van der Waals surface area contributed by atoms with E-state index < -0.39 is 29.9 Å². The van der Waals surface area contributed by atoms with Crippen LogP contribution in [0, 0.1) is 0 Å². The van der Waals surface area contributed by atoms with Crippen LogP contribution in [0.25, 0.3) is 0 Å². The highest BCUT2D eigenvalue weighted by atomic mass is 16.7. The van der Waals surface area contributed by atoms with Crippen LogP contribution in [0.15, 0.2) is 42.5 Å². The maximum absolute atomic E-state index is 11.8. The topological polar surface area (TPSA) is 110 Å². The van der Waals surface area contributed by atoms with Gasteiger partial charge in [0, 0.05) is 12.1 Å². The molecular weight excluding hydrogens is 304 g/mol. The normalized spacial score (nSPS) is 11.5. The molecule has 0 aliphatic heterocycles. The number of alkyl carbamates (subject to hydrolysis) is 1. The predicted octanol–water partition coefficient (Wildman–Crippen LogP) is 1.17. The maximum Gasteiger partial charge on any atom is 0.408 e. The van der Waals surface area contributed by atoms with Gasteiger partial charge in [0.2, 0.25) is 11.8 Å². The number of nitrogens with zero attached hydrogens (tertiary/aromatic N) is 1. The molecule has 2 aromatic rings. The van der Waals surface area contributed by atoms with E-state index in [1.165, 1.54) is 6.92 Å². The Morgan fingerprint density at radius 1 is 1.13 bits per heavy atom. The van der Waals surface area contributed by atoms with E-state index in [0.29, 0.717) is 4.73 Å². The van der Waals surface area contributed by atoms with E-state index >= 15 is 0 Å². The molecule has 0 spiro atoms. The Hall–Kier alpha value is -3.16. The number of nitrogens with one attached hydrogen (secondary N) is 1. The Labute approximate surface area is 131 Å². The molecule has 0 aliphatic carbocycles. The van der Waals surface area contributed by atoms with Crippen LogP contribution in [-0.4, -0.2) is 33.0 Å². The summed E-state index contributed by atoms with van der Waals surface area (Å²) in [5.41, 5.74) is 0.806. The van der Waals surface area contributed by atoms with Crippen LogP contribution in [0.3, 0.4) is 0 Å². The van der Waals surface area contributed by atoms with E-state index in [-0.39, 0.29) is 6.61 Å². The molecule has 3 N–H and O–H groups in total. The highest BCUT2D eigenvalue weighted by molar-refractivity contribution is 5.81. The Balaban J connectivity index is 1.82. The summed E-state index contributed by atoms with van der Waals surface area (Å²) in [4.78, 5) is 28.2. The van der Waals surface area contributed by atoms with Gasteiger partial charge in [0.1, 0.15) is 12.6 Å². The van der Waals surface area contributed by atoms with E-state index in [0.717, 1.165) is 17.7 Å². The molecule has 1 heterocycles. The summed E-state index contributed by atoms with van der Waals surface area (Å²) >= 11 is 0. The average molecular weight is 320 g/mol. The van der Waals surface area contributed by atoms with Crippen molar-refractivity contribution in [2.75, 3.05) is 0 Å². The van der Waals surface area contributed by atoms with Crippen molar-refractivity contribution in [1.82, 2.24) is 10.0 Å². The lowest BCUT2D eigenvalue weighted by atomic mass is 10.2. The zero-order valence-corrected chi connectivity index (χ0v) is 12.3. The first-order chi connectivity index (χ1) is 11.0. The van der Waals surface area contributed by atoms with Crippen molar-refractivity contribution in [3.8, 4) is 11.8 Å². The van der Waals surface area contributed by atoms with E-state index in [1.54, 1.807) is 12.1 Å². The smallest absolute Gasteiger partial charge is 0.408 e. The fraction of sp³-hybridized carbons (Fsp3) is 0.200. The highest BCUT2D eigenvalue weighted by Crippen LogP contribution is 2.18. The van der Waals surface area contributed by atoms with Crippen LogP contribution < -0.4 is 10.2 Å². The third kappa shape index (κ3) is 4.40. The SMILES string of the molecule is CC(NC(=O)OCc1ccccc1)C(=O)On1c(O)ccc1O. The van der Waals surface area contributed by atoms with Gasteiger partial charge in [0.05, 0.1) is 0 Å². The van der Waals surface area contributed by atoms with Crippen LogP contribution in [0.2, 0.25) is 0 Å². The first-order valence-corrected chi connectivity index (χ1v) is 6.76. The van der Waals surface area contributed by atoms with Crippen molar-refractivity contribution in [3.63, 3.8) is 0 Å². The van der Waals surface area contributed by atoms with Crippen LogP contribution in [-0.2, 0) is 16.1 Å². The van der Waals surface area contributed by atoms with Gasteiger partial charge >= 0.3 is 12.1 Å². The number of hydrogen-bond acceptors (Lipinski definition) is 6. The molecule has 1 aromatic carbocycles. The minimum atomic E-state index is -1.04. The van der Waals surface area contributed by atoms with Gasteiger partial charge in [-0.2, -0.15) is 0 Å². The van der Waals surface area contributed by atoms with Crippen LogP contribution in [0.5, 0.6) is 11.8 Å². The van der Waals surface area contributed by atoms with Gasteiger partial charge in [-0.05, 0) is 12.5 Å². The van der Waals surface area contributed by atoms with Gasteiger partial charge in [-0.25, -0.2) is 9.59 Å². The van der Waals surface area contributed by atoms with Gasteiger partial charge in [-0.3, -0.25) is 0 Å². The van der Waals surface area contributed by atoms with Crippen molar-refractivity contribution < 1.29 is 29.4 Å². The summed E-state index contributed by atoms with van der Waals surface area (Å²) in [6, 6.07) is 10.3. The van der Waals surface area contributed by atoms with Crippen LogP contribution in [0.1, 0.15) is 12.5 Å².